The van der Waals surface area contributed by atoms with Crippen LogP contribution in [0.4, 0.5) is 5.69 Å². The molecule has 1 fully saturated rings. The number of aromatic nitrogens is 1. The first-order valence-corrected chi connectivity index (χ1v) is 7.85. The Morgan fingerprint density at radius 2 is 2.25 bits per heavy atom. The van der Waals surface area contributed by atoms with E-state index in [2.05, 4.69) is 16.9 Å². The van der Waals surface area contributed by atoms with Gasteiger partial charge >= 0.3 is 0 Å². The number of hydrogen-bond donors (Lipinski definition) is 1. The molecule has 3 heterocycles. The molecule has 3 rings (SSSR count). The Labute approximate surface area is 140 Å². The fourth-order valence-corrected chi connectivity index (χ4v) is 3.01. The van der Waals surface area contributed by atoms with E-state index in [1.807, 2.05) is 6.92 Å². The lowest BCUT2D eigenvalue weighted by Crippen LogP contribution is -2.45. The number of hydrogen-bond acceptors (Lipinski definition) is 4. The number of likely N-dealkylation sites (tertiary alicyclic amines) is 1. The van der Waals surface area contributed by atoms with Crippen molar-refractivity contribution in [3.63, 3.8) is 0 Å². The van der Waals surface area contributed by atoms with Crippen LogP contribution in [0.5, 0.6) is 0 Å². The summed E-state index contributed by atoms with van der Waals surface area (Å²) in [5.74, 6) is 0.210. The van der Waals surface area contributed by atoms with Gasteiger partial charge in [0, 0.05) is 17.9 Å². The van der Waals surface area contributed by atoms with E-state index in [9.17, 15) is 9.59 Å². The molecule has 0 spiro atoms. The lowest BCUT2D eigenvalue weighted by atomic mass is 10.2. The topological polar surface area (TPSA) is 75.4 Å². The highest BCUT2D eigenvalue weighted by Crippen LogP contribution is 2.26. The van der Waals surface area contributed by atoms with Crippen LogP contribution in [-0.2, 0) is 9.59 Å². The van der Waals surface area contributed by atoms with Gasteiger partial charge in [-0.15, -0.1) is 0 Å². The molecule has 2 amide bonds. The monoisotopic (exact) mass is 325 g/mol. The molecule has 2 aromatic heterocycles. The average molecular weight is 325 g/mol. The van der Waals surface area contributed by atoms with Crippen molar-refractivity contribution in [3.8, 4) is 11.5 Å². The summed E-state index contributed by atoms with van der Waals surface area (Å²) in [5.41, 5.74) is 1.25. The van der Waals surface area contributed by atoms with Crippen molar-refractivity contribution in [3.05, 3.63) is 49.4 Å². The molecule has 2 aromatic rings. The molecule has 1 saturated heterocycles. The standard InChI is InChI=1S/C18H19N3O3/c1-3-17(22)21-12(2)6-7-15(21)18(23)20-13-8-9-19-14(11-13)16-5-4-10-24-16/h3-5,8-12,15H,1,6-7H2,2H3,(H,19,20,23)/t12-,15-/m0/s1. The zero-order valence-electron chi connectivity index (χ0n) is 13.4. The number of pyridine rings is 1. The SMILES string of the molecule is C=CC(=O)N1[C@@H](C)CC[C@H]1C(=O)Nc1ccnc(-c2ccco2)c1. The number of furan rings is 1. The Kier molecular flexibility index (Phi) is 4.46. The molecule has 24 heavy (non-hydrogen) atoms. The van der Waals surface area contributed by atoms with E-state index in [0.29, 0.717) is 23.6 Å². The summed E-state index contributed by atoms with van der Waals surface area (Å²) in [6, 6.07) is 6.59. The largest absolute Gasteiger partial charge is 0.463 e. The fourth-order valence-electron chi connectivity index (χ4n) is 3.01. The lowest BCUT2D eigenvalue weighted by molar-refractivity contribution is -0.134. The van der Waals surface area contributed by atoms with E-state index in [4.69, 9.17) is 4.42 Å². The number of rotatable bonds is 4. The molecule has 1 aliphatic heterocycles. The van der Waals surface area contributed by atoms with E-state index in [1.54, 1.807) is 41.6 Å². The van der Waals surface area contributed by atoms with Crippen LogP contribution < -0.4 is 5.32 Å². The summed E-state index contributed by atoms with van der Waals surface area (Å²) in [6.07, 6.45) is 5.87. The molecular formula is C18H19N3O3. The second kappa shape index (κ2) is 6.70. The number of carbonyl (C=O) groups is 2. The van der Waals surface area contributed by atoms with Crippen LogP contribution in [0.25, 0.3) is 11.5 Å². The van der Waals surface area contributed by atoms with Gasteiger partial charge < -0.3 is 14.6 Å². The normalized spacial score (nSPS) is 20.0. The van der Waals surface area contributed by atoms with Gasteiger partial charge in [-0.05, 0) is 50.1 Å². The first kappa shape index (κ1) is 16.0. The highest BCUT2D eigenvalue weighted by Gasteiger charge is 2.37. The summed E-state index contributed by atoms with van der Waals surface area (Å²) in [4.78, 5) is 30.4. The predicted octanol–water partition coefficient (Wildman–Crippen LogP) is 2.85. The quantitative estimate of drug-likeness (QED) is 0.877. The first-order chi connectivity index (χ1) is 11.6. The van der Waals surface area contributed by atoms with Gasteiger partial charge in [0.05, 0.1) is 6.26 Å². The number of carbonyl (C=O) groups excluding carboxylic acids is 2. The number of nitrogens with one attached hydrogen (secondary N) is 1. The van der Waals surface area contributed by atoms with Crippen LogP contribution >= 0.6 is 0 Å². The van der Waals surface area contributed by atoms with Gasteiger partial charge in [0.2, 0.25) is 11.8 Å². The smallest absolute Gasteiger partial charge is 0.247 e. The average Bonchev–Trinajstić information content (AvgIpc) is 3.24. The lowest BCUT2D eigenvalue weighted by Gasteiger charge is -2.26. The molecule has 2 atom stereocenters. The molecule has 124 valence electrons. The second-order valence-corrected chi connectivity index (χ2v) is 5.79. The van der Waals surface area contributed by atoms with E-state index < -0.39 is 6.04 Å². The van der Waals surface area contributed by atoms with Gasteiger partial charge in [0.1, 0.15) is 11.7 Å². The van der Waals surface area contributed by atoms with Crippen molar-refractivity contribution >= 4 is 17.5 Å². The predicted molar refractivity (Wildman–Crippen MR) is 90.1 cm³/mol. The molecule has 0 bridgehead atoms. The highest BCUT2D eigenvalue weighted by atomic mass is 16.3. The maximum absolute atomic E-state index is 12.6. The number of amides is 2. The van der Waals surface area contributed by atoms with Crippen molar-refractivity contribution in [2.75, 3.05) is 5.32 Å². The zero-order valence-corrected chi connectivity index (χ0v) is 13.4. The first-order valence-electron chi connectivity index (χ1n) is 7.85. The van der Waals surface area contributed by atoms with Gasteiger partial charge in [-0.1, -0.05) is 6.58 Å². The summed E-state index contributed by atoms with van der Waals surface area (Å²) in [7, 11) is 0. The third-order valence-electron chi connectivity index (χ3n) is 4.20. The Bertz CT molecular complexity index is 755. The minimum Gasteiger partial charge on any atom is -0.463 e. The van der Waals surface area contributed by atoms with E-state index >= 15 is 0 Å². The van der Waals surface area contributed by atoms with Crippen molar-refractivity contribution in [2.45, 2.75) is 31.8 Å². The van der Waals surface area contributed by atoms with Gasteiger partial charge in [-0.2, -0.15) is 0 Å². The summed E-state index contributed by atoms with van der Waals surface area (Å²) in [6.45, 7) is 5.46. The third kappa shape index (κ3) is 3.08. The van der Waals surface area contributed by atoms with Crippen molar-refractivity contribution in [1.29, 1.82) is 0 Å². The minimum absolute atomic E-state index is 0.0300. The number of nitrogens with zero attached hydrogens (tertiary/aromatic N) is 2. The maximum atomic E-state index is 12.6. The Hall–Kier alpha value is -2.89. The molecule has 0 aliphatic carbocycles. The molecule has 1 aliphatic rings. The van der Waals surface area contributed by atoms with Crippen LogP contribution in [0.15, 0.2) is 53.8 Å². The van der Waals surface area contributed by atoms with Gasteiger partial charge in [-0.25, -0.2) is 0 Å². The summed E-state index contributed by atoms with van der Waals surface area (Å²) >= 11 is 0. The van der Waals surface area contributed by atoms with Crippen LogP contribution in [0, 0.1) is 0 Å². The van der Waals surface area contributed by atoms with Crippen LogP contribution in [0.3, 0.4) is 0 Å². The molecule has 0 unspecified atom stereocenters. The molecular weight excluding hydrogens is 306 g/mol. The van der Waals surface area contributed by atoms with E-state index in [1.165, 1.54) is 6.08 Å². The Balaban J connectivity index is 1.76. The van der Waals surface area contributed by atoms with Crippen LogP contribution in [0.2, 0.25) is 0 Å². The maximum Gasteiger partial charge on any atom is 0.247 e. The minimum atomic E-state index is -0.481. The molecule has 0 aromatic carbocycles. The van der Waals surface area contributed by atoms with Crippen molar-refractivity contribution in [2.24, 2.45) is 0 Å². The third-order valence-corrected chi connectivity index (χ3v) is 4.20. The number of anilines is 1. The van der Waals surface area contributed by atoms with E-state index in [0.717, 1.165) is 6.42 Å². The second-order valence-electron chi connectivity index (χ2n) is 5.79. The summed E-state index contributed by atoms with van der Waals surface area (Å²) in [5, 5.41) is 2.87. The molecule has 6 nitrogen and oxygen atoms in total. The molecule has 0 radical (unpaired) electrons. The van der Waals surface area contributed by atoms with Gasteiger partial charge in [0.15, 0.2) is 5.76 Å². The van der Waals surface area contributed by atoms with Gasteiger partial charge in [0.25, 0.3) is 0 Å². The molecule has 0 saturated carbocycles. The van der Waals surface area contributed by atoms with Crippen molar-refractivity contribution in [1.82, 2.24) is 9.88 Å². The zero-order chi connectivity index (χ0) is 17.1. The van der Waals surface area contributed by atoms with E-state index in [-0.39, 0.29) is 17.9 Å². The fraction of sp³-hybridized carbons (Fsp3) is 0.278. The Morgan fingerprint density at radius 1 is 1.42 bits per heavy atom. The van der Waals surface area contributed by atoms with Crippen LogP contribution in [0.1, 0.15) is 19.8 Å². The molecule has 6 heteroatoms. The Morgan fingerprint density at radius 3 is 2.96 bits per heavy atom. The highest BCUT2D eigenvalue weighted by molar-refractivity contribution is 5.99. The van der Waals surface area contributed by atoms with Crippen molar-refractivity contribution < 1.29 is 14.0 Å². The van der Waals surface area contributed by atoms with Gasteiger partial charge in [-0.3, -0.25) is 14.6 Å². The molecule has 1 N–H and O–H groups in total. The summed E-state index contributed by atoms with van der Waals surface area (Å²) < 4.78 is 5.32. The van der Waals surface area contributed by atoms with Crippen LogP contribution in [-0.4, -0.2) is 33.8 Å².